The van der Waals surface area contributed by atoms with Crippen LogP contribution in [0.2, 0.25) is 0 Å². The fourth-order valence-corrected chi connectivity index (χ4v) is 2.23. The highest BCUT2D eigenvalue weighted by atomic mass is 16.6. The van der Waals surface area contributed by atoms with Crippen LogP contribution < -0.4 is 19.5 Å². The van der Waals surface area contributed by atoms with Crippen LogP contribution in [0.25, 0.3) is 0 Å². The standard InChI is InChI=1S/C17H17NO4/c1-20-13-6-4-5-12(9-13)10-18-17(19)16-11-21-14-7-2-3-8-15(14)22-16/h2-9,16H,10-11H2,1H3,(H,18,19)/t16-/m1/s1. The smallest absolute Gasteiger partial charge is 0.264 e. The summed E-state index contributed by atoms with van der Waals surface area (Å²) in [6, 6.07) is 14.9. The summed E-state index contributed by atoms with van der Waals surface area (Å²) in [5.41, 5.74) is 0.963. The fraction of sp³-hybridized carbons (Fsp3) is 0.235. The Labute approximate surface area is 128 Å². The monoisotopic (exact) mass is 299 g/mol. The average Bonchev–Trinajstić information content (AvgIpc) is 2.59. The molecule has 0 bridgehead atoms. The molecule has 0 saturated carbocycles. The van der Waals surface area contributed by atoms with Gasteiger partial charge >= 0.3 is 0 Å². The molecular formula is C17H17NO4. The number of hydrogen-bond acceptors (Lipinski definition) is 4. The minimum absolute atomic E-state index is 0.197. The van der Waals surface area contributed by atoms with E-state index in [4.69, 9.17) is 14.2 Å². The highest BCUT2D eigenvalue weighted by Crippen LogP contribution is 2.30. The van der Waals surface area contributed by atoms with E-state index < -0.39 is 6.10 Å². The van der Waals surface area contributed by atoms with Crippen molar-refractivity contribution in [2.75, 3.05) is 13.7 Å². The van der Waals surface area contributed by atoms with Gasteiger partial charge in [0.15, 0.2) is 11.5 Å². The lowest BCUT2D eigenvalue weighted by molar-refractivity contribution is -0.130. The molecule has 2 aromatic rings. The number of carbonyl (C=O) groups is 1. The van der Waals surface area contributed by atoms with Crippen LogP contribution in [0.1, 0.15) is 5.56 Å². The second-order valence-corrected chi connectivity index (χ2v) is 4.93. The zero-order chi connectivity index (χ0) is 15.4. The maximum absolute atomic E-state index is 12.2. The summed E-state index contributed by atoms with van der Waals surface area (Å²) in [5.74, 6) is 1.82. The Balaban J connectivity index is 1.59. The number of ether oxygens (including phenoxy) is 3. The van der Waals surface area contributed by atoms with Crippen LogP contribution in [0, 0.1) is 0 Å². The van der Waals surface area contributed by atoms with Gasteiger partial charge in [0.25, 0.3) is 5.91 Å². The van der Waals surface area contributed by atoms with Crippen LogP contribution in [0.15, 0.2) is 48.5 Å². The van der Waals surface area contributed by atoms with Crippen molar-refractivity contribution in [2.45, 2.75) is 12.6 Å². The van der Waals surface area contributed by atoms with Crippen molar-refractivity contribution in [2.24, 2.45) is 0 Å². The van der Waals surface area contributed by atoms with Crippen molar-refractivity contribution >= 4 is 5.91 Å². The van der Waals surface area contributed by atoms with E-state index in [1.54, 1.807) is 13.2 Å². The van der Waals surface area contributed by atoms with Crippen LogP contribution in [-0.4, -0.2) is 25.7 Å². The van der Waals surface area contributed by atoms with Gasteiger partial charge in [0, 0.05) is 6.54 Å². The first-order valence-electron chi connectivity index (χ1n) is 7.05. The molecule has 0 fully saturated rings. The van der Waals surface area contributed by atoms with Crippen LogP contribution in [0.5, 0.6) is 17.2 Å². The van der Waals surface area contributed by atoms with Gasteiger partial charge in [-0.25, -0.2) is 0 Å². The maximum atomic E-state index is 12.2. The normalized spacial score (nSPS) is 16.0. The molecule has 0 aliphatic carbocycles. The summed E-state index contributed by atoms with van der Waals surface area (Å²) in [4.78, 5) is 12.2. The Kier molecular flexibility index (Phi) is 4.14. The third kappa shape index (κ3) is 3.14. The molecule has 5 nitrogen and oxygen atoms in total. The van der Waals surface area contributed by atoms with Gasteiger partial charge < -0.3 is 19.5 Å². The molecule has 1 heterocycles. The van der Waals surface area contributed by atoms with E-state index in [0.29, 0.717) is 18.0 Å². The Morgan fingerprint density at radius 3 is 2.86 bits per heavy atom. The zero-order valence-corrected chi connectivity index (χ0v) is 12.2. The fourth-order valence-electron chi connectivity index (χ4n) is 2.23. The molecule has 22 heavy (non-hydrogen) atoms. The topological polar surface area (TPSA) is 56.8 Å². The minimum Gasteiger partial charge on any atom is -0.497 e. The summed E-state index contributed by atoms with van der Waals surface area (Å²) >= 11 is 0. The SMILES string of the molecule is COc1cccc(CNC(=O)[C@H]2COc3ccccc3O2)c1. The van der Waals surface area contributed by atoms with Crippen LogP contribution in [-0.2, 0) is 11.3 Å². The molecule has 5 heteroatoms. The minimum atomic E-state index is -0.638. The van der Waals surface area contributed by atoms with Gasteiger partial charge in [0.2, 0.25) is 6.10 Å². The third-order valence-electron chi connectivity index (χ3n) is 3.40. The number of amides is 1. The summed E-state index contributed by atoms with van der Waals surface area (Å²) in [5, 5.41) is 2.85. The third-order valence-corrected chi connectivity index (χ3v) is 3.40. The van der Waals surface area contributed by atoms with E-state index in [1.807, 2.05) is 42.5 Å². The van der Waals surface area contributed by atoms with Crippen molar-refractivity contribution in [3.8, 4) is 17.2 Å². The summed E-state index contributed by atoms with van der Waals surface area (Å²) in [6.45, 7) is 0.624. The largest absolute Gasteiger partial charge is 0.497 e. The summed E-state index contributed by atoms with van der Waals surface area (Å²) < 4.78 is 16.4. The summed E-state index contributed by atoms with van der Waals surface area (Å²) in [6.07, 6.45) is -0.638. The predicted octanol–water partition coefficient (Wildman–Crippen LogP) is 2.15. The zero-order valence-electron chi connectivity index (χ0n) is 12.2. The van der Waals surface area contributed by atoms with E-state index >= 15 is 0 Å². The van der Waals surface area contributed by atoms with E-state index in [9.17, 15) is 4.79 Å². The number of fused-ring (bicyclic) bond motifs is 1. The molecule has 0 aromatic heterocycles. The molecule has 3 rings (SSSR count). The maximum Gasteiger partial charge on any atom is 0.264 e. The Morgan fingerprint density at radius 2 is 2.05 bits per heavy atom. The molecule has 0 radical (unpaired) electrons. The lowest BCUT2D eigenvalue weighted by Crippen LogP contribution is -2.43. The van der Waals surface area contributed by atoms with Crippen molar-refractivity contribution in [1.29, 1.82) is 0 Å². The Bertz CT molecular complexity index is 671. The van der Waals surface area contributed by atoms with Gasteiger partial charge in [-0.2, -0.15) is 0 Å². The molecule has 114 valence electrons. The molecule has 2 aromatic carbocycles. The molecule has 1 N–H and O–H groups in total. The number of methoxy groups -OCH3 is 1. The molecule has 1 aliphatic rings. The van der Waals surface area contributed by atoms with Crippen LogP contribution in [0.3, 0.4) is 0 Å². The summed E-state index contributed by atoms with van der Waals surface area (Å²) in [7, 11) is 1.61. The number of hydrogen-bond donors (Lipinski definition) is 1. The van der Waals surface area contributed by atoms with Gasteiger partial charge in [-0.1, -0.05) is 24.3 Å². The van der Waals surface area contributed by atoms with E-state index in [2.05, 4.69) is 5.32 Å². The van der Waals surface area contributed by atoms with Gasteiger partial charge in [-0.3, -0.25) is 4.79 Å². The molecule has 0 saturated heterocycles. The molecule has 1 atom stereocenters. The van der Waals surface area contributed by atoms with Crippen molar-refractivity contribution in [1.82, 2.24) is 5.32 Å². The Morgan fingerprint density at radius 1 is 1.23 bits per heavy atom. The Hall–Kier alpha value is -2.69. The lowest BCUT2D eigenvalue weighted by atomic mass is 10.2. The first-order valence-corrected chi connectivity index (χ1v) is 7.05. The number of para-hydroxylation sites is 2. The molecule has 1 amide bonds. The van der Waals surface area contributed by atoms with E-state index in [-0.39, 0.29) is 12.5 Å². The van der Waals surface area contributed by atoms with E-state index in [1.165, 1.54) is 0 Å². The highest BCUT2D eigenvalue weighted by molar-refractivity contribution is 5.81. The van der Waals surface area contributed by atoms with Crippen LogP contribution >= 0.6 is 0 Å². The van der Waals surface area contributed by atoms with E-state index in [0.717, 1.165) is 11.3 Å². The first kappa shape index (κ1) is 14.3. The molecule has 0 spiro atoms. The lowest BCUT2D eigenvalue weighted by Gasteiger charge is -2.25. The molecular weight excluding hydrogens is 282 g/mol. The number of nitrogens with one attached hydrogen (secondary N) is 1. The number of carbonyl (C=O) groups excluding carboxylic acids is 1. The number of benzene rings is 2. The molecule has 1 aliphatic heterocycles. The second-order valence-electron chi connectivity index (χ2n) is 4.93. The van der Waals surface area contributed by atoms with Crippen molar-refractivity contribution < 1.29 is 19.0 Å². The second kappa shape index (κ2) is 6.39. The van der Waals surface area contributed by atoms with Gasteiger partial charge in [-0.15, -0.1) is 0 Å². The first-order chi connectivity index (χ1) is 10.8. The molecule has 0 unspecified atom stereocenters. The highest BCUT2D eigenvalue weighted by Gasteiger charge is 2.26. The predicted molar refractivity (Wildman–Crippen MR) is 81.2 cm³/mol. The van der Waals surface area contributed by atoms with Crippen molar-refractivity contribution in [3.05, 3.63) is 54.1 Å². The number of rotatable bonds is 4. The average molecular weight is 299 g/mol. The quantitative estimate of drug-likeness (QED) is 0.940. The van der Waals surface area contributed by atoms with Gasteiger partial charge in [0.1, 0.15) is 12.4 Å². The van der Waals surface area contributed by atoms with Crippen LogP contribution in [0.4, 0.5) is 0 Å². The van der Waals surface area contributed by atoms with Crippen molar-refractivity contribution in [3.63, 3.8) is 0 Å². The van der Waals surface area contributed by atoms with Gasteiger partial charge in [-0.05, 0) is 29.8 Å². The van der Waals surface area contributed by atoms with Gasteiger partial charge in [0.05, 0.1) is 7.11 Å².